The van der Waals surface area contributed by atoms with E-state index < -0.39 is 0 Å². The summed E-state index contributed by atoms with van der Waals surface area (Å²) in [7, 11) is 1.65. The standard InChI is InChI=1S/C19H24N2O/c1-19(2)16(15-7-5-4-6-8-15)12-17(19)21-13-14-9-10-20-18(11-14)22-3/h4-11,16-17,21H,12-13H2,1-3H3/t16-,17-/m0/s1. The van der Waals surface area contributed by atoms with Crippen LogP contribution in [0.3, 0.4) is 0 Å². The molecule has 0 aliphatic heterocycles. The molecular weight excluding hydrogens is 272 g/mol. The van der Waals surface area contributed by atoms with Gasteiger partial charge in [0.05, 0.1) is 7.11 Å². The minimum atomic E-state index is 0.276. The Kier molecular flexibility index (Phi) is 4.16. The first-order chi connectivity index (χ1) is 10.6. The average molecular weight is 296 g/mol. The average Bonchev–Trinajstić information content (AvgIpc) is 2.55. The SMILES string of the molecule is COc1cc(CN[C@H]2C[C@@H](c3ccccc3)C2(C)C)ccn1. The Morgan fingerprint density at radius 3 is 2.68 bits per heavy atom. The Morgan fingerprint density at radius 1 is 1.23 bits per heavy atom. The van der Waals surface area contributed by atoms with Crippen molar-refractivity contribution >= 4 is 0 Å². The molecule has 0 saturated heterocycles. The fraction of sp³-hybridized carbons (Fsp3) is 0.421. The Morgan fingerprint density at radius 2 is 2.00 bits per heavy atom. The maximum Gasteiger partial charge on any atom is 0.213 e. The van der Waals surface area contributed by atoms with Gasteiger partial charge < -0.3 is 10.1 Å². The lowest BCUT2D eigenvalue weighted by Gasteiger charge is -2.53. The molecule has 22 heavy (non-hydrogen) atoms. The number of hydrogen-bond acceptors (Lipinski definition) is 3. The van der Waals surface area contributed by atoms with E-state index in [1.54, 1.807) is 13.3 Å². The van der Waals surface area contributed by atoms with Crippen LogP contribution in [-0.2, 0) is 6.54 Å². The van der Waals surface area contributed by atoms with Crippen molar-refractivity contribution < 1.29 is 4.74 Å². The van der Waals surface area contributed by atoms with E-state index in [0.717, 1.165) is 6.54 Å². The Hall–Kier alpha value is -1.87. The first-order valence-electron chi connectivity index (χ1n) is 7.88. The number of hydrogen-bond donors (Lipinski definition) is 1. The van der Waals surface area contributed by atoms with Crippen LogP contribution >= 0.6 is 0 Å². The van der Waals surface area contributed by atoms with E-state index in [1.165, 1.54) is 17.5 Å². The molecular formula is C19H24N2O. The van der Waals surface area contributed by atoms with Gasteiger partial charge in [0.2, 0.25) is 5.88 Å². The summed E-state index contributed by atoms with van der Waals surface area (Å²) < 4.78 is 5.18. The number of nitrogens with zero attached hydrogens (tertiary/aromatic N) is 1. The third kappa shape index (κ3) is 2.86. The van der Waals surface area contributed by atoms with Crippen LogP contribution in [0.4, 0.5) is 0 Å². The summed E-state index contributed by atoms with van der Waals surface area (Å²) in [6, 6.07) is 15.4. The fourth-order valence-electron chi connectivity index (χ4n) is 3.44. The molecule has 3 heteroatoms. The summed E-state index contributed by atoms with van der Waals surface area (Å²) in [6.07, 6.45) is 2.99. The molecule has 116 valence electrons. The van der Waals surface area contributed by atoms with Crippen molar-refractivity contribution in [2.75, 3.05) is 7.11 Å². The summed E-state index contributed by atoms with van der Waals surface area (Å²) in [5, 5.41) is 3.69. The van der Waals surface area contributed by atoms with Crippen LogP contribution < -0.4 is 10.1 Å². The van der Waals surface area contributed by atoms with Gasteiger partial charge in [0.1, 0.15) is 0 Å². The van der Waals surface area contributed by atoms with Gasteiger partial charge in [-0.1, -0.05) is 44.2 Å². The quantitative estimate of drug-likeness (QED) is 0.912. The highest BCUT2D eigenvalue weighted by molar-refractivity contribution is 5.27. The lowest BCUT2D eigenvalue weighted by molar-refractivity contribution is 0.0678. The first kappa shape index (κ1) is 15.0. The highest BCUT2D eigenvalue weighted by atomic mass is 16.5. The second-order valence-corrected chi connectivity index (χ2v) is 6.66. The van der Waals surface area contributed by atoms with Gasteiger partial charge in [-0.05, 0) is 34.9 Å². The van der Waals surface area contributed by atoms with E-state index in [2.05, 4.69) is 54.5 Å². The molecule has 3 nitrogen and oxygen atoms in total. The Labute approximate surface area is 132 Å². The van der Waals surface area contributed by atoms with Crippen LogP contribution in [0.25, 0.3) is 0 Å². The zero-order valence-corrected chi connectivity index (χ0v) is 13.5. The number of ether oxygens (including phenoxy) is 1. The second-order valence-electron chi connectivity index (χ2n) is 6.66. The lowest BCUT2D eigenvalue weighted by Crippen LogP contribution is -2.55. The van der Waals surface area contributed by atoms with Crippen molar-refractivity contribution in [1.29, 1.82) is 0 Å². The summed E-state index contributed by atoms with van der Waals surface area (Å²) >= 11 is 0. The van der Waals surface area contributed by atoms with E-state index >= 15 is 0 Å². The van der Waals surface area contributed by atoms with Crippen LogP contribution in [0.1, 0.15) is 37.3 Å². The van der Waals surface area contributed by atoms with Crippen LogP contribution in [-0.4, -0.2) is 18.1 Å². The number of benzene rings is 1. The molecule has 0 amide bonds. The molecule has 1 aromatic carbocycles. The minimum Gasteiger partial charge on any atom is -0.481 e. The van der Waals surface area contributed by atoms with E-state index in [4.69, 9.17) is 4.74 Å². The number of aromatic nitrogens is 1. The highest BCUT2D eigenvalue weighted by Crippen LogP contribution is 2.52. The zero-order valence-electron chi connectivity index (χ0n) is 13.5. The molecule has 0 bridgehead atoms. The Balaban J connectivity index is 1.61. The molecule has 3 rings (SSSR count). The van der Waals surface area contributed by atoms with Crippen molar-refractivity contribution in [1.82, 2.24) is 10.3 Å². The molecule has 1 aliphatic rings. The molecule has 1 fully saturated rings. The lowest BCUT2D eigenvalue weighted by atomic mass is 9.56. The van der Waals surface area contributed by atoms with Gasteiger partial charge >= 0.3 is 0 Å². The van der Waals surface area contributed by atoms with Gasteiger partial charge in [0.25, 0.3) is 0 Å². The molecule has 2 atom stereocenters. The number of pyridine rings is 1. The summed E-state index contributed by atoms with van der Waals surface area (Å²) in [5.41, 5.74) is 2.94. The molecule has 0 radical (unpaired) electrons. The van der Waals surface area contributed by atoms with Crippen molar-refractivity contribution in [3.63, 3.8) is 0 Å². The van der Waals surface area contributed by atoms with E-state index in [1.807, 2.05) is 12.1 Å². The smallest absolute Gasteiger partial charge is 0.213 e. The number of rotatable bonds is 5. The molecule has 1 aliphatic carbocycles. The van der Waals surface area contributed by atoms with Gasteiger partial charge in [0.15, 0.2) is 0 Å². The Bertz CT molecular complexity index is 624. The third-order valence-electron chi connectivity index (χ3n) is 5.03. The largest absolute Gasteiger partial charge is 0.481 e. The number of nitrogens with one attached hydrogen (secondary N) is 1. The van der Waals surface area contributed by atoms with Gasteiger partial charge in [0, 0.05) is 24.8 Å². The van der Waals surface area contributed by atoms with Crippen molar-refractivity contribution in [2.24, 2.45) is 5.41 Å². The zero-order chi connectivity index (χ0) is 15.6. The predicted octanol–water partition coefficient (Wildman–Crippen LogP) is 3.76. The molecule has 1 N–H and O–H groups in total. The van der Waals surface area contributed by atoms with Crippen LogP contribution in [0.15, 0.2) is 48.7 Å². The molecule has 0 unspecified atom stereocenters. The van der Waals surface area contributed by atoms with E-state index in [9.17, 15) is 0 Å². The monoisotopic (exact) mass is 296 g/mol. The summed E-state index contributed by atoms with van der Waals surface area (Å²) in [4.78, 5) is 4.15. The molecule has 0 spiro atoms. The first-order valence-corrected chi connectivity index (χ1v) is 7.88. The van der Waals surface area contributed by atoms with E-state index in [-0.39, 0.29) is 5.41 Å². The van der Waals surface area contributed by atoms with Crippen molar-refractivity contribution in [3.8, 4) is 5.88 Å². The summed E-state index contributed by atoms with van der Waals surface area (Å²) in [5.74, 6) is 1.31. The van der Waals surface area contributed by atoms with Crippen LogP contribution in [0.5, 0.6) is 5.88 Å². The molecule has 1 saturated carbocycles. The third-order valence-corrected chi connectivity index (χ3v) is 5.03. The maximum absolute atomic E-state index is 5.18. The summed E-state index contributed by atoms with van der Waals surface area (Å²) in [6.45, 7) is 5.58. The van der Waals surface area contributed by atoms with Crippen LogP contribution in [0, 0.1) is 5.41 Å². The fourth-order valence-corrected chi connectivity index (χ4v) is 3.44. The topological polar surface area (TPSA) is 34.1 Å². The number of methoxy groups -OCH3 is 1. The van der Waals surface area contributed by atoms with Crippen molar-refractivity contribution in [3.05, 3.63) is 59.8 Å². The van der Waals surface area contributed by atoms with Gasteiger partial charge in [-0.15, -0.1) is 0 Å². The molecule has 1 aromatic heterocycles. The van der Waals surface area contributed by atoms with Crippen molar-refractivity contribution in [2.45, 2.75) is 38.8 Å². The molecule has 1 heterocycles. The molecule has 2 aromatic rings. The van der Waals surface area contributed by atoms with Gasteiger partial charge in [-0.3, -0.25) is 0 Å². The van der Waals surface area contributed by atoms with Crippen LogP contribution in [0.2, 0.25) is 0 Å². The highest BCUT2D eigenvalue weighted by Gasteiger charge is 2.48. The maximum atomic E-state index is 5.18. The minimum absolute atomic E-state index is 0.276. The normalized spacial score (nSPS) is 22.9. The second kappa shape index (κ2) is 6.09. The predicted molar refractivity (Wildman–Crippen MR) is 89.0 cm³/mol. The van der Waals surface area contributed by atoms with Gasteiger partial charge in [-0.2, -0.15) is 0 Å². The van der Waals surface area contributed by atoms with Gasteiger partial charge in [-0.25, -0.2) is 4.98 Å². The van der Waals surface area contributed by atoms with E-state index in [0.29, 0.717) is 17.8 Å².